The third-order valence-electron chi connectivity index (χ3n) is 4.54. The summed E-state index contributed by atoms with van der Waals surface area (Å²) in [5.41, 5.74) is 1.28. The first-order chi connectivity index (χ1) is 11.1. The Bertz CT molecular complexity index is 762. The van der Waals surface area contributed by atoms with Gasteiger partial charge >= 0.3 is 6.01 Å². The highest BCUT2D eigenvalue weighted by Crippen LogP contribution is 2.54. The minimum atomic E-state index is -0.285. The van der Waals surface area contributed by atoms with Crippen LogP contribution in [0.5, 0.6) is 0 Å². The summed E-state index contributed by atoms with van der Waals surface area (Å²) in [5, 5.41) is 2.57. The van der Waals surface area contributed by atoms with Gasteiger partial charge < -0.3 is 9.32 Å². The summed E-state index contributed by atoms with van der Waals surface area (Å²) < 4.78 is 5.00. The number of oxazole rings is 1. The zero-order valence-corrected chi connectivity index (χ0v) is 13.6. The lowest BCUT2D eigenvalue weighted by atomic mass is 9.91. The first-order valence-electron chi connectivity index (χ1n) is 7.73. The Kier molecular flexibility index (Phi) is 3.26. The molecule has 120 valence electrons. The van der Waals surface area contributed by atoms with E-state index in [1.807, 2.05) is 0 Å². The van der Waals surface area contributed by atoms with Gasteiger partial charge in [0.1, 0.15) is 12.8 Å². The number of nitrogens with one attached hydrogen (secondary N) is 1. The molecule has 1 saturated carbocycles. The zero-order chi connectivity index (χ0) is 16.0. The molecule has 1 aliphatic carbocycles. The summed E-state index contributed by atoms with van der Waals surface area (Å²) >= 11 is 1.57. The molecule has 0 unspecified atom stereocenters. The van der Waals surface area contributed by atoms with Gasteiger partial charge in [-0.25, -0.2) is 4.98 Å². The number of carbonyl (C=O) groups is 2. The fraction of sp³-hybridized carbons (Fsp3) is 0.438. The van der Waals surface area contributed by atoms with E-state index in [1.54, 1.807) is 16.2 Å². The van der Waals surface area contributed by atoms with Crippen molar-refractivity contribution in [2.45, 2.75) is 31.6 Å². The second kappa shape index (κ2) is 5.19. The van der Waals surface area contributed by atoms with Crippen LogP contribution < -0.4 is 5.32 Å². The van der Waals surface area contributed by atoms with E-state index in [4.69, 9.17) is 4.42 Å². The summed E-state index contributed by atoms with van der Waals surface area (Å²) in [4.78, 5) is 32.4. The van der Waals surface area contributed by atoms with Crippen molar-refractivity contribution < 1.29 is 14.0 Å². The topological polar surface area (TPSA) is 75.4 Å². The fourth-order valence-electron chi connectivity index (χ4n) is 3.16. The number of carbonyl (C=O) groups excluding carboxylic acids is 2. The van der Waals surface area contributed by atoms with E-state index in [9.17, 15) is 9.59 Å². The van der Waals surface area contributed by atoms with Gasteiger partial charge in [-0.15, -0.1) is 11.3 Å². The molecule has 2 aliphatic rings. The second-order valence-corrected chi connectivity index (χ2v) is 7.27. The van der Waals surface area contributed by atoms with Crippen LogP contribution in [0.15, 0.2) is 22.9 Å². The van der Waals surface area contributed by atoms with Crippen LogP contribution in [-0.2, 0) is 16.6 Å². The molecule has 7 heteroatoms. The number of aryl methyl sites for hydroxylation is 1. The highest BCUT2D eigenvalue weighted by molar-refractivity contribution is 7.14. The summed E-state index contributed by atoms with van der Waals surface area (Å²) in [7, 11) is 0. The SMILES string of the molecule is CCc1cc2c(s1)C(=O)N(CC(=O)Nc1ncco1)CC21CC1. The molecule has 2 amide bonds. The number of rotatable bonds is 4. The van der Waals surface area contributed by atoms with Crippen LogP contribution >= 0.6 is 11.3 Å². The molecule has 4 rings (SSSR count). The van der Waals surface area contributed by atoms with Gasteiger partial charge in [-0.1, -0.05) is 6.92 Å². The Morgan fingerprint density at radius 2 is 2.35 bits per heavy atom. The molecule has 1 spiro atoms. The standard InChI is InChI=1S/C16H17N3O3S/c1-2-10-7-11-13(23-10)14(21)19(9-16(11)3-4-16)8-12(20)18-15-17-5-6-22-15/h5-7H,2-4,8-9H2,1H3,(H,17,18,20). The number of amides is 2. The zero-order valence-electron chi connectivity index (χ0n) is 12.8. The van der Waals surface area contributed by atoms with Gasteiger partial charge in [-0.2, -0.15) is 0 Å². The van der Waals surface area contributed by atoms with Crippen molar-refractivity contribution in [3.8, 4) is 0 Å². The number of hydrogen-bond acceptors (Lipinski definition) is 5. The normalized spacial score (nSPS) is 18.1. The van der Waals surface area contributed by atoms with Crippen LogP contribution in [0.25, 0.3) is 0 Å². The molecule has 1 N–H and O–H groups in total. The summed E-state index contributed by atoms with van der Waals surface area (Å²) in [6.07, 6.45) is 5.97. The molecular weight excluding hydrogens is 314 g/mol. The first kappa shape index (κ1) is 14.4. The van der Waals surface area contributed by atoms with E-state index < -0.39 is 0 Å². The molecule has 0 radical (unpaired) electrons. The molecule has 0 bridgehead atoms. The number of thiophene rings is 1. The molecule has 23 heavy (non-hydrogen) atoms. The quantitative estimate of drug-likeness (QED) is 0.933. The van der Waals surface area contributed by atoms with E-state index in [0.29, 0.717) is 6.54 Å². The number of nitrogens with zero attached hydrogens (tertiary/aromatic N) is 2. The predicted molar refractivity (Wildman–Crippen MR) is 85.6 cm³/mol. The highest BCUT2D eigenvalue weighted by atomic mass is 32.1. The van der Waals surface area contributed by atoms with E-state index in [1.165, 1.54) is 22.9 Å². The van der Waals surface area contributed by atoms with Crippen molar-refractivity contribution in [2.75, 3.05) is 18.4 Å². The molecule has 0 saturated heterocycles. The van der Waals surface area contributed by atoms with Crippen LogP contribution in [0.3, 0.4) is 0 Å². The second-order valence-electron chi connectivity index (χ2n) is 6.14. The van der Waals surface area contributed by atoms with Gasteiger partial charge in [0, 0.05) is 16.8 Å². The van der Waals surface area contributed by atoms with Crippen LogP contribution in [0.1, 0.15) is 39.9 Å². The van der Waals surface area contributed by atoms with Crippen LogP contribution in [0, 0.1) is 0 Å². The Morgan fingerprint density at radius 3 is 3.00 bits per heavy atom. The first-order valence-corrected chi connectivity index (χ1v) is 8.55. The molecule has 6 nitrogen and oxygen atoms in total. The van der Waals surface area contributed by atoms with Gasteiger partial charge in [0.25, 0.3) is 5.91 Å². The number of anilines is 1. The maximum absolute atomic E-state index is 12.7. The van der Waals surface area contributed by atoms with Crippen molar-refractivity contribution in [1.82, 2.24) is 9.88 Å². The lowest BCUT2D eigenvalue weighted by Crippen LogP contribution is -2.46. The summed E-state index contributed by atoms with van der Waals surface area (Å²) in [6, 6.07) is 2.35. The van der Waals surface area contributed by atoms with Crippen LogP contribution in [0.2, 0.25) is 0 Å². The van der Waals surface area contributed by atoms with Crippen molar-refractivity contribution in [2.24, 2.45) is 0 Å². The van der Waals surface area contributed by atoms with E-state index in [2.05, 4.69) is 23.3 Å². The van der Waals surface area contributed by atoms with Gasteiger partial charge in [0.05, 0.1) is 11.1 Å². The Hall–Kier alpha value is -2.15. The maximum atomic E-state index is 12.7. The summed E-state index contributed by atoms with van der Waals surface area (Å²) in [5.74, 6) is -0.322. The van der Waals surface area contributed by atoms with Gasteiger partial charge in [0.15, 0.2) is 0 Å². The lowest BCUT2D eigenvalue weighted by Gasteiger charge is -2.32. The minimum absolute atomic E-state index is 0.0295. The highest BCUT2D eigenvalue weighted by Gasteiger charge is 2.52. The molecular formula is C16H17N3O3S. The fourth-order valence-corrected chi connectivity index (χ4v) is 4.34. The summed E-state index contributed by atoms with van der Waals surface area (Å²) in [6.45, 7) is 2.75. The Morgan fingerprint density at radius 1 is 1.52 bits per heavy atom. The lowest BCUT2D eigenvalue weighted by molar-refractivity contribution is -0.117. The third kappa shape index (κ3) is 2.45. The molecule has 0 aromatic carbocycles. The molecule has 3 heterocycles. The average molecular weight is 331 g/mol. The van der Waals surface area contributed by atoms with Crippen molar-refractivity contribution in [1.29, 1.82) is 0 Å². The van der Waals surface area contributed by atoms with E-state index in [0.717, 1.165) is 24.1 Å². The Balaban J connectivity index is 1.54. The van der Waals surface area contributed by atoms with Crippen LogP contribution in [-0.4, -0.2) is 34.8 Å². The predicted octanol–water partition coefficient (Wildman–Crippen LogP) is 2.42. The van der Waals surface area contributed by atoms with Crippen molar-refractivity contribution >= 4 is 29.2 Å². The maximum Gasteiger partial charge on any atom is 0.301 e. The van der Waals surface area contributed by atoms with Crippen LogP contribution in [0.4, 0.5) is 6.01 Å². The smallest absolute Gasteiger partial charge is 0.301 e. The van der Waals surface area contributed by atoms with Gasteiger partial charge in [-0.3, -0.25) is 14.9 Å². The van der Waals surface area contributed by atoms with E-state index >= 15 is 0 Å². The van der Waals surface area contributed by atoms with Crippen molar-refractivity contribution in [3.05, 3.63) is 33.8 Å². The number of fused-ring (bicyclic) bond motifs is 2. The molecule has 1 fully saturated rings. The van der Waals surface area contributed by atoms with E-state index in [-0.39, 0.29) is 29.8 Å². The van der Waals surface area contributed by atoms with Gasteiger partial charge in [0.2, 0.25) is 5.91 Å². The molecule has 2 aromatic heterocycles. The van der Waals surface area contributed by atoms with Gasteiger partial charge in [-0.05, 0) is 30.9 Å². The largest absolute Gasteiger partial charge is 0.432 e. The average Bonchev–Trinajstić information content (AvgIpc) is 2.96. The molecule has 0 atom stereocenters. The molecule has 1 aliphatic heterocycles. The minimum Gasteiger partial charge on any atom is -0.432 e. The molecule has 2 aromatic rings. The number of aromatic nitrogens is 1. The van der Waals surface area contributed by atoms with Crippen molar-refractivity contribution in [3.63, 3.8) is 0 Å². The third-order valence-corrected chi connectivity index (χ3v) is 5.81. The Labute approximate surface area is 137 Å². The number of hydrogen-bond donors (Lipinski definition) is 1. The monoisotopic (exact) mass is 331 g/mol.